The molecule has 0 saturated carbocycles. The van der Waals surface area contributed by atoms with Gasteiger partial charge in [-0.15, -0.1) is 24.0 Å². The molecule has 0 bridgehead atoms. The molecule has 2 N–H and O–H groups in total. The number of hydrogen-bond acceptors (Lipinski definition) is 4. The van der Waals surface area contributed by atoms with Crippen LogP contribution in [0.1, 0.15) is 26.5 Å². The number of guanidine groups is 1. The Morgan fingerprint density at radius 3 is 2.56 bits per heavy atom. The maximum absolute atomic E-state index is 4.63. The number of likely N-dealkylation sites (N-methyl/N-ethyl adjacent to an activating group) is 1. The molecule has 1 saturated heterocycles. The van der Waals surface area contributed by atoms with Gasteiger partial charge in [0.05, 0.1) is 12.2 Å². The SMILES string of the molecule is CCNC(=NCc1ccccn1)NCC(C)N1CCN(CC)CC1.I. The summed E-state index contributed by atoms with van der Waals surface area (Å²) in [5, 5.41) is 6.78. The van der Waals surface area contributed by atoms with Gasteiger partial charge < -0.3 is 15.5 Å². The molecule has 6 nitrogen and oxygen atoms in total. The van der Waals surface area contributed by atoms with Crippen LogP contribution >= 0.6 is 24.0 Å². The molecule has 142 valence electrons. The Hall–Kier alpha value is -0.930. The highest BCUT2D eigenvalue weighted by molar-refractivity contribution is 14.0. The van der Waals surface area contributed by atoms with Crippen molar-refractivity contribution in [2.45, 2.75) is 33.4 Å². The van der Waals surface area contributed by atoms with E-state index in [9.17, 15) is 0 Å². The van der Waals surface area contributed by atoms with Crippen LogP contribution in [0.3, 0.4) is 0 Å². The van der Waals surface area contributed by atoms with Gasteiger partial charge in [-0.1, -0.05) is 13.0 Å². The number of aliphatic imine (C=N–C) groups is 1. The molecule has 0 amide bonds. The number of pyridine rings is 1. The highest BCUT2D eigenvalue weighted by Gasteiger charge is 2.20. The van der Waals surface area contributed by atoms with Crippen molar-refractivity contribution in [3.63, 3.8) is 0 Å². The Morgan fingerprint density at radius 1 is 1.20 bits per heavy atom. The zero-order chi connectivity index (χ0) is 17.2. The zero-order valence-corrected chi connectivity index (χ0v) is 18.1. The van der Waals surface area contributed by atoms with E-state index in [0.29, 0.717) is 12.6 Å². The topological polar surface area (TPSA) is 55.8 Å². The normalized spacial score (nSPS) is 17.6. The van der Waals surface area contributed by atoms with Crippen LogP contribution in [0, 0.1) is 0 Å². The third-order valence-corrected chi connectivity index (χ3v) is 4.51. The van der Waals surface area contributed by atoms with E-state index in [2.05, 4.69) is 51.2 Å². The summed E-state index contributed by atoms with van der Waals surface area (Å²) in [5.41, 5.74) is 0.985. The number of nitrogens with one attached hydrogen (secondary N) is 2. The van der Waals surface area contributed by atoms with Crippen molar-refractivity contribution in [1.82, 2.24) is 25.4 Å². The second-order valence-electron chi connectivity index (χ2n) is 6.22. The fraction of sp³-hybridized carbons (Fsp3) is 0.667. The van der Waals surface area contributed by atoms with Crippen molar-refractivity contribution in [3.05, 3.63) is 30.1 Å². The molecule has 1 aliphatic rings. The number of piperazine rings is 1. The van der Waals surface area contributed by atoms with Crippen molar-refractivity contribution >= 4 is 29.9 Å². The summed E-state index contributed by atoms with van der Waals surface area (Å²) in [6.07, 6.45) is 1.81. The molecule has 1 atom stereocenters. The Kier molecular flexibility index (Phi) is 11.0. The summed E-state index contributed by atoms with van der Waals surface area (Å²) in [6.45, 7) is 14.8. The van der Waals surface area contributed by atoms with Crippen LogP contribution in [0.4, 0.5) is 0 Å². The molecule has 1 aromatic rings. The van der Waals surface area contributed by atoms with Crippen LogP contribution in [-0.2, 0) is 6.54 Å². The van der Waals surface area contributed by atoms with E-state index >= 15 is 0 Å². The number of halogens is 1. The highest BCUT2D eigenvalue weighted by Crippen LogP contribution is 2.05. The van der Waals surface area contributed by atoms with E-state index in [1.165, 1.54) is 13.1 Å². The van der Waals surface area contributed by atoms with Crippen LogP contribution in [0.5, 0.6) is 0 Å². The third kappa shape index (κ3) is 7.87. The fourth-order valence-electron chi connectivity index (χ4n) is 2.89. The van der Waals surface area contributed by atoms with E-state index in [4.69, 9.17) is 0 Å². The van der Waals surface area contributed by atoms with E-state index in [0.717, 1.165) is 44.4 Å². The summed E-state index contributed by atoms with van der Waals surface area (Å²) in [5.74, 6) is 0.863. The maximum Gasteiger partial charge on any atom is 0.191 e. The Labute approximate surface area is 169 Å². The van der Waals surface area contributed by atoms with E-state index in [1.807, 2.05) is 24.4 Å². The summed E-state index contributed by atoms with van der Waals surface area (Å²) < 4.78 is 0. The van der Waals surface area contributed by atoms with Crippen LogP contribution in [-0.4, -0.2) is 72.6 Å². The van der Waals surface area contributed by atoms with Crippen LogP contribution in [0.2, 0.25) is 0 Å². The number of aromatic nitrogens is 1. The predicted octanol–water partition coefficient (Wildman–Crippen LogP) is 1.78. The average molecular weight is 460 g/mol. The Balaban J connectivity index is 0.00000312. The van der Waals surface area contributed by atoms with Crippen molar-refractivity contribution in [3.8, 4) is 0 Å². The first-order valence-electron chi connectivity index (χ1n) is 9.11. The Morgan fingerprint density at radius 2 is 1.96 bits per heavy atom. The van der Waals surface area contributed by atoms with Gasteiger partial charge in [-0.25, -0.2) is 4.99 Å². The van der Waals surface area contributed by atoms with Crippen molar-refractivity contribution in [2.75, 3.05) is 45.8 Å². The van der Waals surface area contributed by atoms with Gasteiger partial charge in [-0.05, 0) is 32.5 Å². The molecule has 1 fully saturated rings. The molecule has 1 aromatic heterocycles. The molecule has 1 aliphatic heterocycles. The monoisotopic (exact) mass is 460 g/mol. The zero-order valence-electron chi connectivity index (χ0n) is 15.7. The minimum atomic E-state index is 0. The summed E-state index contributed by atoms with van der Waals surface area (Å²) in [4.78, 5) is 14.0. The first kappa shape index (κ1) is 22.1. The highest BCUT2D eigenvalue weighted by atomic mass is 127. The van der Waals surface area contributed by atoms with E-state index in [1.54, 1.807) is 0 Å². The number of nitrogens with zero attached hydrogens (tertiary/aromatic N) is 4. The molecule has 25 heavy (non-hydrogen) atoms. The molecule has 7 heteroatoms. The van der Waals surface area contributed by atoms with Gasteiger partial charge in [0.25, 0.3) is 0 Å². The van der Waals surface area contributed by atoms with Crippen molar-refractivity contribution in [1.29, 1.82) is 0 Å². The lowest BCUT2D eigenvalue weighted by Crippen LogP contribution is -2.53. The van der Waals surface area contributed by atoms with Crippen LogP contribution < -0.4 is 10.6 Å². The largest absolute Gasteiger partial charge is 0.357 e. The maximum atomic E-state index is 4.63. The van der Waals surface area contributed by atoms with Crippen LogP contribution in [0.25, 0.3) is 0 Å². The average Bonchev–Trinajstić information content (AvgIpc) is 2.64. The second kappa shape index (κ2) is 12.4. The minimum absolute atomic E-state index is 0. The molecule has 0 radical (unpaired) electrons. The first-order valence-corrected chi connectivity index (χ1v) is 9.11. The van der Waals surface area contributed by atoms with Gasteiger partial charge in [-0.2, -0.15) is 0 Å². The lowest BCUT2D eigenvalue weighted by Gasteiger charge is -2.37. The van der Waals surface area contributed by atoms with E-state index < -0.39 is 0 Å². The second-order valence-corrected chi connectivity index (χ2v) is 6.22. The molecule has 1 unspecified atom stereocenters. The molecule has 0 spiro atoms. The third-order valence-electron chi connectivity index (χ3n) is 4.51. The standard InChI is InChI=1S/C18H32N6.HI/c1-4-19-18(22-15-17-8-6-7-9-20-17)21-14-16(3)24-12-10-23(5-2)11-13-24;/h6-9,16H,4-5,10-15H2,1-3H3,(H2,19,21,22);1H. The fourth-order valence-corrected chi connectivity index (χ4v) is 2.89. The number of hydrogen-bond donors (Lipinski definition) is 2. The molecule has 2 rings (SSSR count). The van der Waals surface area contributed by atoms with Gasteiger partial charge in [0, 0.05) is 51.5 Å². The first-order chi connectivity index (χ1) is 11.7. The number of rotatable bonds is 7. The molecular weight excluding hydrogens is 427 g/mol. The molecule has 0 aliphatic carbocycles. The van der Waals surface area contributed by atoms with Gasteiger partial charge >= 0.3 is 0 Å². The smallest absolute Gasteiger partial charge is 0.191 e. The Bertz CT molecular complexity index is 488. The van der Waals surface area contributed by atoms with Gasteiger partial charge in [-0.3, -0.25) is 9.88 Å². The molecular formula is C18H33IN6. The summed E-state index contributed by atoms with van der Waals surface area (Å²) >= 11 is 0. The minimum Gasteiger partial charge on any atom is -0.357 e. The van der Waals surface area contributed by atoms with E-state index in [-0.39, 0.29) is 24.0 Å². The predicted molar refractivity (Wildman–Crippen MR) is 116 cm³/mol. The van der Waals surface area contributed by atoms with Crippen LogP contribution in [0.15, 0.2) is 29.4 Å². The lowest BCUT2D eigenvalue weighted by molar-refractivity contribution is 0.107. The van der Waals surface area contributed by atoms with Gasteiger partial charge in [0.2, 0.25) is 0 Å². The van der Waals surface area contributed by atoms with Gasteiger partial charge in [0.15, 0.2) is 5.96 Å². The summed E-state index contributed by atoms with van der Waals surface area (Å²) in [6, 6.07) is 6.43. The quantitative estimate of drug-likeness (QED) is 0.369. The summed E-state index contributed by atoms with van der Waals surface area (Å²) in [7, 11) is 0. The molecule has 0 aromatic carbocycles. The van der Waals surface area contributed by atoms with Gasteiger partial charge in [0.1, 0.15) is 0 Å². The lowest BCUT2D eigenvalue weighted by atomic mass is 10.2. The van der Waals surface area contributed by atoms with Crippen molar-refractivity contribution < 1.29 is 0 Å². The van der Waals surface area contributed by atoms with Crippen molar-refractivity contribution in [2.24, 2.45) is 4.99 Å². The molecule has 2 heterocycles.